The highest BCUT2D eigenvalue weighted by Crippen LogP contribution is 2.11. The molecule has 0 aliphatic rings. The van der Waals surface area contributed by atoms with Gasteiger partial charge in [0, 0.05) is 23.8 Å². The molecule has 0 radical (unpaired) electrons. The van der Waals surface area contributed by atoms with Gasteiger partial charge in [-0.15, -0.1) is 0 Å². The van der Waals surface area contributed by atoms with E-state index in [-0.39, 0.29) is 5.78 Å². The van der Waals surface area contributed by atoms with Crippen LogP contribution in [0.2, 0.25) is 5.02 Å². The first-order valence-corrected chi connectivity index (χ1v) is 5.99. The van der Waals surface area contributed by atoms with Crippen LogP contribution in [0.5, 0.6) is 0 Å². The normalized spacial score (nSPS) is 10.4. The maximum Gasteiger partial charge on any atom is 0.152 e. The predicted octanol–water partition coefficient (Wildman–Crippen LogP) is 3.34. The minimum absolute atomic E-state index is 0.246. The van der Waals surface area contributed by atoms with Gasteiger partial charge < -0.3 is 4.57 Å². The number of nitrogens with zero attached hydrogens (tertiary/aromatic N) is 1. The second kappa shape index (κ2) is 5.69. The van der Waals surface area contributed by atoms with Crippen LogP contribution in [0.25, 0.3) is 0 Å². The van der Waals surface area contributed by atoms with Crippen LogP contribution in [-0.2, 0) is 17.8 Å². The standard InChI is InChI=1S/C14H14ClNO/c15-13-6-3-12(4-7-13)5-8-14(17)11-16-9-1-2-10-16/h1-4,6-7,9-10H,5,8,11H2. The molecule has 0 N–H and O–H groups in total. The number of carbonyl (C=O) groups is 1. The molecule has 0 atom stereocenters. The highest BCUT2D eigenvalue weighted by molar-refractivity contribution is 6.30. The second-order valence-corrected chi connectivity index (χ2v) is 4.46. The van der Waals surface area contributed by atoms with Gasteiger partial charge in [0.25, 0.3) is 0 Å². The summed E-state index contributed by atoms with van der Waals surface area (Å²) in [6.45, 7) is 0.459. The molecule has 0 aliphatic carbocycles. The van der Waals surface area contributed by atoms with Crippen LogP contribution in [0.1, 0.15) is 12.0 Å². The average molecular weight is 248 g/mol. The summed E-state index contributed by atoms with van der Waals surface area (Å²) in [7, 11) is 0. The maximum absolute atomic E-state index is 11.7. The third kappa shape index (κ3) is 3.75. The van der Waals surface area contributed by atoms with Crippen LogP contribution in [0.15, 0.2) is 48.8 Å². The molecule has 1 aromatic heterocycles. The molecule has 0 unspecified atom stereocenters. The van der Waals surface area contributed by atoms with Crippen molar-refractivity contribution in [2.45, 2.75) is 19.4 Å². The number of hydrogen-bond donors (Lipinski definition) is 0. The van der Waals surface area contributed by atoms with Gasteiger partial charge >= 0.3 is 0 Å². The van der Waals surface area contributed by atoms with Crippen LogP contribution in [0, 0.1) is 0 Å². The zero-order valence-corrected chi connectivity index (χ0v) is 10.2. The fraction of sp³-hybridized carbons (Fsp3) is 0.214. The Morgan fingerprint density at radius 1 is 1.12 bits per heavy atom. The van der Waals surface area contributed by atoms with Gasteiger partial charge in [-0.25, -0.2) is 0 Å². The lowest BCUT2D eigenvalue weighted by molar-refractivity contribution is -0.119. The van der Waals surface area contributed by atoms with Gasteiger partial charge in [-0.2, -0.15) is 0 Å². The van der Waals surface area contributed by atoms with E-state index in [4.69, 9.17) is 11.6 Å². The number of aryl methyl sites for hydroxylation is 1. The Hall–Kier alpha value is -1.54. The highest BCUT2D eigenvalue weighted by Gasteiger charge is 2.03. The van der Waals surface area contributed by atoms with Crippen molar-refractivity contribution in [3.8, 4) is 0 Å². The zero-order valence-electron chi connectivity index (χ0n) is 9.47. The van der Waals surface area contributed by atoms with E-state index in [0.29, 0.717) is 13.0 Å². The molecule has 1 heterocycles. The SMILES string of the molecule is O=C(CCc1ccc(Cl)cc1)Cn1cccc1. The molecule has 2 aromatic rings. The van der Waals surface area contributed by atoms with Gasteiger partial charge in [0.1, 0.15) is 0 Å². The molecule has 3 heteroatoms. The lowest BCUT2D eigenvalue weighted by Crippen LogP contribution is -2.09. The van der Waals surface area contributed by atoms with Crippen molar-refractivity contribution in [3.63, 3.8) is 0 Å². The fourth-order valence-corrected chi connectivity index (χ4v) is 1.82. The van der Waals surface area contributed by atoms with Crippen molar-refractivity contribution in [2.24, 2.45) is 0 Å². The predicted molar refractivity (Wildman–Crippen MR) is 69.2 cm³/mol. The van der Waals surface area contributed by atoms with Crippen LogP contribution >= 0.6 is 11.6 Å². The van der Waals surface area contributed by atoms with E-state index in [0.717, 1.165) is 17.0 Å². The molecule has 2 nitrogen and oxygen atoms in total. The topological polar surface area (TPSA) is 22.0 Å². The summed E-state index contributed by atoms with van der Waals surface area (Å²) in [5.41, 5.74) is 1.15. The zero-order chi connectivity index (χ0) is 12.1. The Bertz CT molecular complexity index is 473. The summed E-state index contributed by atoms with van der Waals surface area (Å²) in [5, 5.41) is 0.729. The van der Waals surface area contributed by atoms with Crippen LogP contribution in [0.4, 0.5) is 0 Å². The van der Waals surface area contributed by atoms with Gasteiger partial charge in [0.2, 0.25) is 0 Å². The number of benzene rings is 1. The molecule has 0 spiro atoms. The van der Waals surface area contributed by atoms with Crippen LogP contribution < -0.4 is 0 Å². The van der Waals surface area contributed by atoms with Gasteiger partial charge in [0.15, 0.2) is 5.78 Å². The third-order valence-corrected chi connectivity index (χ3v) is 2.88. The molecule has 0 saturated carbocycles. The number of ketones is 1. The maximum atomic E-state index is 11.7. The molecular formula is C14H14ClNO. The molecule has 1 aromatic carbocycles. The van der Waals surface area contributed by atoms with Crippen molar-refractivity contribution in [2.75, 3.05) is 0 Å². The van der Waals surface area contributed by atoms with Gasteiger partial charge in [-0.05, 0) is 36.2 Å². The minimum atomic E-state index is 0.246. The molecule has 2 rings (SSSR count). The largest absolute Gasteiger partial charge is 0.347 e. The van der Waals surface area contributed by atoms with E-state index in [1.54, 1.807) is 0 Å². The number of Topliss-reactive ketones (excluding diaryl/α,β-unsaturated/α-hetero) is 1. The van der Waals surface area contributed by atoms with Crippen molar-refractivity contribution in [1.29, 1.82) is 0 Å². The Balaban J connectivity index is 1.82. The van der Waals surface area contributed by atoms with E-state index in [1.165, 1.54) is 0 Å². The monoisotopic (exact) mass is 247 g/mol. The average Bonchev–Trinajstić information content (AvgIpc) is 2.81. The van der Waals surface area contributed by atoms with Crippen molar-refractivity contribution >= 4 is 17.4 Å². The molecule has 0 amide bonds. The Kier molecular flexibility index (Phi) is 3.99. The molecule has 0 bridgehead atoms. The quantitative estimate of drug-likeness (QED) is 0.794. The summed E-state index contributed by atoms with van der Waals surface area (Å²) >= 11 is 5.80. The molecule has 0 saturated heterocycles. The van der Waals surface area contributed by atoms with E-state index in [2.05, 4.69) is 0 Å². The van der Waals surface area contributed by atoms with Crippen molar-refractivity contribution in [3.05, 3.63) is 59.4 Å². The van der Waals surface area contributed by atoms with E-state index >= 15 is 0 Å². The summed E-state index contributed by atoms with van der Waals surface area (Å²) in [6.07, 6.45) is 5.15. The number of carbonyl (C=O) groups excluding carboxylic acids is 1. The second-order valence-electron chi connectivity index (χ2n) is 4.02. The fourth-order valence-electron chi connectivity index (χ4n) is 1.69. The molecule has 17 heavy (non-hydrogen) atoms. The minimum Gasteiger partial charge on any atom is -0.347 e. The van der Waals surface area contributed by atoms with Gasteiger partial charge in [0.05, 0.1) is 6.54 Å². The highest BCUT2D eigenvalue weighted by atomic mass is 35.5. The number of halogens is 1. The third-order valence-electron chi connectivity index (χ3n) is 2.63. The lowest BCUT2D eigenvalue weighted by atomic mass is 10.1. The summed E-state index contributed by atoms with van der Waals surface area (Å²) in [5.74, 6) is 0.246. The number of hydrogen-bond acceptors (Lipinski definition) is 1. The first-order valence-electron chi connectivity index (χ1n) is 5.61. The molecule has 0 fully saturated rings. The Labute approximate surface area is 106 Å². The van der Waals surface area contributed by atoms with E-state index in [1.807, 2.05) is 53.4 Å². The Morgan fingerprint density at radius 2 is 1.76 bits per heavy atom. The Morgan fingerprint density at radius 3 is 2.41 bits per heavy atom. The van der Waals surface area contributed by atoms with Gasteiger partial charge in [-0.1, -0.05) is 23.7 Å². The smallest absolute Gasteiger partial charge is 0.152 e. The van der Waals surface area contributed by atoms with Crippen LogP contribution in [0.3, 0.4) is 0 Å². The van der Waals surface area contributed by atoms with Crippen LogP contribution in [-0.4, -0.2) is 10.4 Å². The summed E-state index contributed by atoms with van der Waals surface area (Å²) < 4.78 is 1.89. The van der Waals surface area contributed by atoms with E-state index < -0.39 is 0 Å². The van der Waals surface area contributed by atoms with Crippen molar-refractivity contribution < 1.29 is 4.79 Å². The van der Waals surface area contributed by atoms with Crippen molar-refractivity contribution in [1.82, 2.24) is 4.57 Å². The molecule has 0 aliphatic heterocycles. The lowest BCUT2D eigenvalue weighted by Gasteiger charge is -2.03. The number of rotatable bonds is 5. The summed E-state index contributed by atoms with van der Waals surface area (Å²) in [6, 6.07) is 11.5. The number of aromatic nitrogens is 1. The van der Waals surface area contributed by atoms with E-state index in [9.17, 15) is 4.79 Å². The first kappa shape index (κ1) is 11.9. The van der Waals surface area contributed by atoms with Gasteiger partial charge in [-0.3, -0.25) is 4.79 Å². The first-order chi connectivity index (χ1) is 8.24. The molecular weight excluding hydrogens is 234 g/mol. The molecule has 88 valence electrons. The summed E-state index contributed by atoms with van der Waals surface area (Å²) in [4.78, 5) is 11.7.